The van der Waals surface area contributed by atoms with E-state index in [1.165, 1.54) is 39.5 Å². The maximum Gasteiger partial charge on any atom is 0.351 e. The molecule has 4 fully saturated rings. The molecule has 2 N–H and O–H groups in total. The predicted molar refractivity (Wildman–Crippen MR) is 146 cm³/mol. The van der Waals surface area contributed by atoms with E-state index < -0.39 is 100.0 Å². The molecule has 3 heterocycles. The summed E-state index contributed by atoms with van der Waals surface area (Å²) in [5.74, 6) is -6.37. The van der Waals surface area contributed by atoms with Crippen LogP contribution in [0.3, 0.4) is 0 Å². The number of carbonyl (C=O) groups is 5. The number of methoxy groups -OCH3 is 1. The molecule has 13 heteroatoms. The number of ketones is 1. The molecule has 1 aromatic rings. The molecule has 2 saturated carbocycles. The molecule has 5 rings (SSSR count). The van der Waals surface area contributed by atoms with E-state index >= 15 is 0 Å². The second-order valence-electron chi connectivity index (χ2n) is 13.2. The van der Waals surface area contributed by atoms with Crippen LogP contribution in [0.5, 0.6) is 0 Å². The minimum Gasteiger partial charge on any atom is -0.472 e. The summed E-state index contributed by atoms with van der Waals surface area (Å²) in [5, 5.41) is 24.2. The summed E-state index contributed by atoms with van der Waals surface area (Å²) in [4.78, 5) is 66.2. The average molecular weight is 619 g/mol. The first-order valence-electron chi connectivity index (χ1n) is 14.3. The van der Waals surface area contributed by atoms with Gasteiger partial charge in [0.05, 0.1) is 48.9 Å². The molecular weight excluding hydrogens is 580 g/mol. The topological polar surface area (TPSA) is 185 Å². The van der Waals surface area contributed by atoms with Gasteiger partial charge in [0.15, 0.2) is 5.78 Å². The van der Waals surface area contributed by atoms with Crippen LogP contribution in [0.25, 0.3) is 0 Å². The minimum atomic E-state index is -2.14. The van der Waals surface area contributed by atoms with Gasteiger partial charge >= 0.3 is 23.9 Å². The number of esters is 4. The third-order valence-electron chi connectivity index (χ3n) is 10.7. The third-order valence-corrected chi connectivity index (χ3v) is 10.7. The fourth-order valence-electron chi connectivity index (χ4n) is 8.59. The lowest BCUT2D eigenvalue weighted by Crippen LogP contribution is -2.74. The van der Waals surface area contributed by atoms with Crippen molar-refractivity contribution in [2.75, 3.05) is 7.11 Å². The first-order chi connectivity index (χ1) is 20.4. The Bertz CT molecular complexity index is 1410. The highest BCUT2D eigenvalue weighted by Gasteiger charge is 2.82. The van der Waals surface area contributed by atoms with Gasteiger partial charge in [-0.25, -0.2) is 4.79 Å². The molecule has 4 aliphatic rings. The van der Waals surface area contributed by atoms with E-state index in [1.54, 1.807) is 13.8 Å². The molecule has 13 nitrogen and oxygen atoms in total. The van der Waals surface area contributed by atoms with Crippen molar-refractivity contribution in [3.8, 4) is 0 Å². The van der Waals surface area contributed by atoms with Crippen LogP contribution in [0, 0.1) is 28.1 Å². The van der Waals surface area contributed by atoms with Gasteiger partial charge in [0.1, 0.15) is 30.0 Å². The van der Waals surface area contributed by atoms with E-state index in [0.29, 0.717) is 5.56 Å². The van der Waals surface area contributed by atoms with Crippen molar-refractivity contribution in [3.05, 3.63) is 36.3 Å². The summed E-state index contributed by atoms with van der Waals surface area (Å²) in [6.07, 6.45) is -7.01. The summed E-state index contributed by atoms with van der Waals surface area (Å²) >= 11 is 0. The molecule has 0 amide bonds. The van der Waals surface area contributed by atoms with Gasteiger partial charge in [-0.15, -0.1) is 0 Å². The highest BCUT2D eigenvalue weighted by Crippen LogP contribution is 2.70. The number of aliphatic hydroxyl groups is 2. The van der Waals surface area contributed by atoms with Gasteiger partial charge in [-0.2, -0.15) is 0 Å². The van der Waals surface area contributed by atoms with Crippen LogP contribution >= 0.6 is 0 Å². The largest absolute Gasteiger partial charge is 0.472 e. The molecule has 1 spiro atoms. The third kappa shape index (κ3) is 3.91. The van der Waals surface area contributed by atoms with E-state index in [2.05, 4.69) is 6.58 Å². The van der Waals surface area contributed by atoms with Crippen molar-refractivity contribution in [1.29, 1.82) is 0 Å². The second-order valence-corrected chi connectivity index (χ2v) is 13.2. The number of furan rings is 1. The summed E-state index contributed by atoms with van der Waals surface area (Å²) in [7, 11) is 1.19. The van der Waals surface area contributed by atoms with Gasteiger partial charge in [-0.3, -0.25) is 19.2 Å². The Morgan fingerprint density at radius 3 is 2.23 bits per heavy atom. The van der Waals surface area contributed by atoms with Gasteiger partial charge < -0.3 is 38.3 Å². The van der Waals surface area contributed by atoms with Crippen LogP contribution < -0.4 is 0 Å². The number of rotatable bonds is 5. The van der Waals surface area contributed by atoms with Crippen molar-refractivity contribution in [2.24, 2.45) is 28.1 Å². The number of hydrogen-bond acceptors (Lipinski definition) is 13. The molecule has 240 valence electrons. The normalized spacial score (nSPS) is 42.3. The lowest BCUT2D eigenvalue weighted by atomic mass is 9.49. The van der Waals surface area contributed by atoms with E-state index in [1.807, 2.05) is 0 Å². The van der Waals surface area contributed by atoms with Crippen molar-refractivity contribution in [3.63, 3.8) is 0 Å². The van der Waals surface area contributed by atoms with Gasteiger partial charge in [0.2, 0.25) is 6.10 Å². The average Bonchev–Trinajstić information content (AvgIpc) is 3.51. The Labute approximate surface area is 253 Å². The molecule has 0 unspecified atom stereocenters. The SMILES string of the molecule is C=C1[C@@H]2C(=O)[C@@]3(C)[C@@H](O[C@@]14[C@H](OC(C)=O)C(=O)O[C@@H](c1ccoc1)[C@]4(C)[C@H]2O)[C@@H](O)[C@H](OC(C)=O)C(C)(C)[C@@H]3CC(=O)OC. The molecule has 44 heavy (non-hydrogen) atoms. The van der Waals surface area contributed by atoms with Crippen LogP contribution in [0.2, 0.25) is 0 Å². The summed E-state index contributed by atoms with van der Waals surface area (Å²) in [5.41, 5.74) is -6.58. The van der Waals surface area contributed by atoms with E-state index in [-0.39, 0.29) is 12.0 Å². The monoisotopic (exact) mass is 618 g/mol. The number of Topliss-reactive ketones (excluding diaryl/α,β-unsaturated/α-hetero) is 1. The fraction of sp³-hybridized carbons (Fsp3) is 0.645. The molecule has 2 saturated heterocycles. The highest BCUT2D eigenvalue weighted by atomic mass is 16.6. The summed E-state index contributed by atoms with van der Waals surface area (Å²) in [6.45, 7) is 12.7. The van der Waals surface area contributed by atoms with Crippen molar-refractivity contribution < 1.29 is 62.3 Å². The zero-order valence-electron chi connectivity index (χ0n) is 25.7. The molecule has 1 aromatic heterocycles. The summed E-state index contributed by atoms with van der Waals surface area (Å²) in [6, 6.07) is 1.52. The Hall–Kier alpha value is -3.55. The van der Waals surface area contributed by atoms with Crippen LogP contribution in [0.4, 0.5) is 0 Å². The maximum atomic E-state index is 15.0. The lowest BCUT2D eigenvalue weighted by Gasteiger charge is -2.62. The Kier molecular flexibility index (Phi) is 7.42. The Morgan fingerprint density at radius 2 is 1.68 bits per heavy atom. The smallest absolute Gasteiger partial charge is 0.351 e. The maximum absolute atomic E-state index is 15.0. The van der Waals surface area contributed by atoms with E-state index in [0.717, 1.165) is 13.8 Å². The van der Waals surface area contributed by atoms with Gasteiger partial charge in [0, 0.05) is 24.8 Å². The minimum absolute atomic E-state index is 0.0598. The first kappa shape index (κ1) is 31.9. The molecule has 0 radical (unpaired) electrons. The van der Waals surface area contributed by atoms with Crippen LogP contribution in [-0.4, -0.2) is 83.1 Å². The Morgan fingerprint density at radius 1 is 1.05 bits per heavy atom. The number of hydrogen-bond donors (Lipinski definition) is 2. The number of ether oxygens (including phenoxy) is 5. The number of aliphatic hydroxyl groups excluding tert-OH is 2. The second kappa shape index (κ2) is 10.2. The van der Waals surface area contributed by atoms with E-state index in [9.17, 15) is 34.2 Å². The number of carbonyl (C=O) groups excluding carboxylic acids is 5. The molecule has 2 aliphatic heterocycles. The molecule has 0 aromatic carbocycles. The first-order valence-corrected chi connectivity index (χ1v) is 14.3. The highest BCUT2D eigenvalue weighted by molar-refractivity contribution is 5.95. The molecular formula is C31H38O13. The molecule has 2 aliphatic carbocycles. The lowest BCUT2D eigenvalue weighted by molar-refractivity contribution is -0.315. The molecule has 11 atom stereocenters. The van der Waals surface area contributed by atoms with Crippen LogP contribution in [0.15, 0.2) is 35.2 Å². The van der Waals surface area contributed by atoms with Crippen molar-refractivity contribution in [2.45, 2.75) is 90.2 Å². The number of cyclic esters (lactones) is 1. The van der Waals surface area contributed by atoms with Crippen LogP contribution in [-0.2, 0) is 47.7 Å². The van der Waals surface area contributed by atoms with Gasteiger partial charge in [-0.05, 0) is 31.4 Å². The van der Waals surface area contributed by atoms with Gasteiger partial charge in [-0.1, -0.05) is 20.4 Å². The van der Waals surface area contributed by atoms with Crippen LogP contribution in [0.1, 0.15) is 59.6 Å². The standard InChI is InChI=1S/C31H38O13/c1-13-19-21(36)29(6)17(11-18(34)39-8)28(4,5)24(41-14(2)32)20(35)25(29)44-31(13)26(42-15(3)33)27(38)43-23(16-9-10-40-12-16)30(31,7)22(19)37/h9-10,12,17,19-20,22-26,35,37H,1,11H2,2-8H3/t17-,19+,20-,22-,23-,24-,25-,26+,29-,30-,31+/m0/s1. The Balaban J connectivity index is 1.81. The number of fused-ring (bicyclic) bond motifs is 2. The summed E-state index contributed by atoms with van der Waals surface area (Å²) < 4.78 is 34.0. The van der Waals surface area contributed by atoms with Crippen molar-refractivity contribution >= 4 is 29.7 Å². The zero-order valence-corrected chi connectivity index (χ0v) is 25.7. The van der Waals surface area contributed by atoms with Crippen molar-refractivity contribution in [1.82, 2.24) is 0 Å². The fourth-order valence-corrected chi connectivity index (χ4v) is 8.59. The quantitative estimate of drug-likeness (QED) is 0.276. The molecule has 2 bridgehead atoms. The predicted octanol–water partition coefficient (Wildman–Crippen LogP) is 1.59. The van der Waals surface area contributed by atoms with E-state index in [4.69, 9.17) is 28.1 Å². The van der Waals surface area contributed by atoms with Gasteiger partial charge in [0.25, 0.3) is 0 Å². The zero-order chi connectivity index (χ0) is 32.7.